The van der Waals surface area contributed by atoms with Crippen LogP contribution in [0.5, 0.6) is 0 Å². The van der Waals surface area contributed by atoms with E-state index in [1.807, 2.05) is 0 Å². The zero-order valence-electron chi connectivity index (χ0n) is 11.8. The van der Waals surface area contributed by atoms with Crippen LogP contribution < -0.4 is 5.32 Å². The van der Waals surface area contributed by atoms with E-state index in [-0.39, 0.29) is 0 Å². The summed E-state index contributed by atoms with van der Waals surface area (Å²) in [4.78, 5) is 2.53. The maximum Gasteiger partial charge on any atom is 0.0248 e. The highest BCUT2D eigenvalue weighted by Crippen LogP contribution is 2.32. The molecule has 0 heterocycles. The smallest absolute Gasteiger partial charge is 0.0248 e. The molecule has 0 radical (unpaired) electrons. The summed E-state index contributed by atoms with van der Waals surface area (Å²) in [5, 5.41) is 3.67. The average molecular weight is 226 g/mol. The van der Waals surface area contributed by atoms with E-state index in [4.69, 9.17) is 0 Å². The van der Waals surface area contributed by atoms with Gasteiger partial charge in [0.1, 0.15) is 0 Å². The van der Waals surface area contributed by atoms with Gasteiger partial charge in [-0.2, -0.15) is 0 Å². The molecule has 0 amide bonds. The van der Waals surface area contributed by atoms with Crippen LogP contribution in [-0.4, -0.2) is 37.1 Å². The van der Waals surface area contributed by atoms with Crippen molar-refractivity contribution < 1.29 is 0 Å². The fourth-order valence-electron chi connectivity index (χ4n) is 3.01. The number of nitrogens with one attached hydrogen (secondary N) is 1. The summed E-state index contributed by atoms with van der Waals surface area (Å²) in [7, 11) is 2.28. The van der Waals surface area contributed by atoms with Gasteiger partial charge in [0.25, 0.3) is 0 Å². The first kappa shape index (κ1) is 14.0. The number of nitrogens with zero attached hydrogens (tertiary/aromatic N) is 1. The van der Waals surface area contributed by atoms with Crippen LogP contribution in [0.3, 0.4) is 0 Å². The van der Waals surface area contributed by atoms with Gasteiger partial charge >= 0.3 is 0 Å². The second kappa shape index (κ2) is 6.61. The van der Waals surface area contributed by atoms with Gasteiger partial charge in [0.15, 0.2) is 0 Å². The minimum absolute atomic E-state index is 0.713. The molecule has 96 valence electrons. The molecule has 2 nitrogen and oxygen atoms in total. The Hall–Kier alpha value is -0.0800. The number of likely N-dealkylation sites (N-methyl/N-ethyl adjacent to an activating group) is 2. The normalized spacial score (nSPS) is 31.3. The van der Waals surface area contributed by atoms with Gasteiger partial charge in [-0.15, -0.1) is 0 Å². The van der Waals surface area contributed by atoms with Crippen molar-refractivity contribution in [2.45, 2.75) is 59.0 Å². The predicted octanol–water partition coefficient (Wildman–Crippen LogP) is 2.74. The summed E-state index contributed by atoms with van der Waals surface area (Å²) < 4.78 is 0. The molecule has 1 saturated carbocycles. The highest BCUT2D eigenvalue weighted by molar-refractivity contribution is 4.90. The Bertz CT molecular complexity index is 191. The molecule has 0 saturated heterocycles. The lowest BCUT2D eigenvalue weighted by molar-refractivity contribution is 0.107. The Morgan fingerprint density at radius 1 is 1.25 bits per heavy atom. The van der Waals surface area contributed by atoms with Crippen LogP contribution in [0.4, 0.5) is 0 Å². The monoisotopic (exact) mass is 226 g/mol. The van der Waals surface area contributed by atoms with Crippen molar-refractivity contribution in [2.24, 2.45) is 11.8 Å². The first-order valence-corrected chi connectivity index (χ1v) is 7.03. The topological polar surface area (TPSA) is 15.3 Å². The van der Waals surface area contributed by atoms with E-state index in [9.17, 15) is 0 Å². The van der Waals surface area contributed by atoms with E-state index in [1.54, 1.807) is 0 Å². The standard InChI is InChI=1S/C14H30N2/c1-6-15-13-9-8-12(11(3)4)10-14(13)16(5)7-2/h11-15H,6-10H2,1-5H3. The number of rotatable bonds is 5. The number of hydrogen-bond acceptors (Lipinski definition) is 2. The van der Waals surface area contributed by atoms with Crippen LogP contribution in [0, 0.1) is 11.8 Å². The van der Waals surface area contributed by atoms with Gasteiger partial charge < -0.3 is 10.2 Å². The Balaban J connectivity index is 2.61. The molecule has 2 heteroatoms. The van der Waals surface area contributed by atoms with Crippen molar-refractivity contribution in [3.8, 4) is 0 Å². The third-order valence-electron chi connectivity index (χ3n) is 4.33. The van der Waals surface area contributed by atoms with Crippen molar-refractivity contribution in [1.82, 2.24) is 10.2 Å². The first-order chi connectivity index (χ1) is 7.60. The molecule has 1 rings (SSSR count). The summed E-state index contributed by atoms with van der Waals surface area (Å²) in [6.45, 7) is 11.5. The van der Waals surface area contributed by atoms with Gasteiger partial charge in [0.2, 0.25) is 0 Å². The van der Waals surface area contributed by atoms with E-state index < -0.39 is 0 Å². The second-order valence-electron chi connectivity index (χ2n) is 5.62. The second-order valence-corrected chi connectivity index (χ2v) is 5.62. The Labute approximate surface area is 102 Å². The average Bonchev–Trinajstić information content (AvgIpc) is 2.28. The predicted molar refractivity (Wildman–Crippen MR) is 71.7 cm³/mol. The minimum Gasteiger partial charge on any atom is -0.313 e. The lowest BCUT2D eigenvalue weighted by atomic mass is 9.76. The molecule has 3 atom stereocenters. The van der Waals surface area contributed by atoms with Gasteiger partial charge in [0, 0.05) is 12.1 Å². The van der Waals surface area contributed by atoms with Gasteiger partial charge in [-0.25, -0.2) is 0 Å². The lowest BCUT2D eigenvalue weighted by Gasteiger charge is -2.42. The molecule has 0 bridgehead atoms. The zero-order chi connectivity index (χ0) is 12.1. The van der Waals surface area contributed by atoms with Gasteiger partial charge in [-0.3, -0.25) is 0 Å². The Morgan fingerprint density at radius 2 is 1.94 bits per heavy atom. The SMILES string of the molecule is CCNC1CCC(C(C)C)CC1N(C)CC. The third-order valence-corrected chi connectivity index (χ3v) is 4.33. The maximum atomic E-state index is 3.67. The molecule has 1 N–H and O–H groups in total. The molecule has 0 aromatic rings. The van der Waals surface area contributed by atoms with Crippen LogP contribution in [-0.2, 0) is 0 Å². The van der Waals surface area contributed by atoms with E-state index in [2.05, 4.69) is 45.0 Å². The van der Waals surface area contributed by atoms with Gasteiger partial charge in [0.05, 0.1) is 0 Å². The highest BCUT2D eigenvalue weighted by atomic mass is 15.2. The van der Waals surface area contributed by atoms with E-state index in [1.165, 1.54) is 19.3 Å². The largest absolute Gasteiger partial charge is 0.313 e. The van der Waals surface area contributed by atoms with E-state index in [0.717, 1.165) is 31.0 Å². The van der Waals surface area contributed by atoms with Crippen molar-refractivity contribution in [3.63, 3.8) is 0 Å². The number of hydrogen-bond donors (Lipinski definition) is 1. The summed E-state index contributed by atoms with van der Waals surface area (Å²) in [5.74, 6) is 1.77. The van der Waals surface area contributed by atoms with Crippen LogP contribution in [0.1, 0.15) is 47.0 Å². The van der Waals surface area contributed by atoms with E-state index in [0.29, 0.717) is 6.04 Å². The molecular formula is C14H30N2. The first-order valence-electron chi connectivity index (χ1n) is 7.03. The van der Waals surface area contributed by atoms with Crippen molar-refractivity contribution in [1.29, 1.82) is 0 Å². The summed E-state index contributed by atoms with van der Waals surface area (Å²) in [6, 6.07) is 1.45. The lowest BCUT2D eigenvalue weighted by Crippen LogP contribution is -2.52. The Morgan fingerprint density at radius 3 is 2.44 bits per heavy atom. The fourth-order valence-corrected chi connectivity index (χ4v) is 3.01. The molecule has 0 aromatic carbocycles. The minimum atomic E-state index is 0.713. The maximum absolute atomic E-state index is 3.67. The Kier molecular flexibility index (Phi) is 5.77. The van der Waals surface area contributed by atoms with E-state index >= 15 is 0 Å². The molecular weight excluding hydrogens is 196 g/mol. The third kappa shape index (κ3) is 3.46. The van der Waals surface area contributed by atoms with Crippen molar-refractivity contribution >= 4 is 0 Å². The van der Waals surface area contributed by atoms with Gasteiger partial charge in [-0.05, 0) is 51.2 Å². The van der Waals surface area contributed by atoms with Crippen LogP contribution in [0.2, 0.25) is 0 Å². The van der Waals surface area contributed by atoms with Crippen LogP contribution >= 0.6 is 0 Å². The van der Waals surface area contributed by atoms with Crippen molar-refractivity contribution in [3.05, 3.63) is 0 Å². The summed E-state index contributed by atoms with van der Waals surface area (Å²) in [6.07, 6.45) is 4.13. The highest BCUT2D eigenvalue weighted by Gasteiger charge is 2.32. The molecule has 3 unspecified atom stereocenters. The summed E-state index contributed by atoms with van der Waals surface area (Å²) in [5.41, 5.74) is 0. The molecule has 1 aliphatic carbocycles. The quantitative estimate of drug-likeness (QED) is 0.775. The molecule has 0 aliphatic heterocycles. The molecule has 0 aromatic heterocycles. The zero-order valence-corrected chi connectivity index (χ0v) is 11.8. The molecule has 1 aliphatic rings. The summed E-state index contributed by atoms with van der Waals surface area (Å²) >= 11 is 0. The van der Waals surface area contributed by atoms with Gasteiger partial charge in [-0.1, -0.05) is 27.7 Å². The van der Waals surface area contributed by atoms with Crippen LogP contribution in [0.15, 0.2) is 0 Å². The van der Waals surface area contributed by atoms with Crippen LogP contribution in [0.25, 0.3) is 0 Å². The molecule has 1 fully saturated rings. The van der Waals surface area contributed by atoms with Crippen molar-refractivity contribution in [2.75, 3.05) is 20.1 Å². The molecule has 16 heavy (non-hydrogen) atoms. The fraction of sp³-hybridized carbons (Fsp3) is 1.00. The molecule has 0 spiro atoms.